The molecule has 6 heteroatoms. The number of thioether (sulfide) groups is 1. The molecule has 0 fully saturated rings. The van der Waals surface area contributed by atoms with E-state index in [1.165, 1.54) is 11.3 Å². The summed E-state index contributed by atoms with van der Waals surface area (Å²) >= 11 is 3.07. The summed E-state index contributed by atoms with van der Waals surface area (Å²) in [7, 11) is 0. The molecule has 0 radical (unpaired) electrons. The van der Waals surface area contributed by atoms with Gasteiger partial charge in [-0.2, -0.15) is 0 Å². The Balaban J connectivity index is 1.47. The zero-order valence-electron chi connectivity index (χ0n) is 11.9. The molecule has 0 unspecified atom stereocenters. The third-order valence-electron chi connectivity index (χ3n) is 3.09. The van der Waals surface area contributed by atoms with Gasteiger partial charge in [0.1, 0.15) is 0 Å². The first-order valence-electron chi connectivity index (χ1n) is 7.00. The van der Waals surface area contributed by atoms with Crippen molar-refractivity contribution in [2.45, 2.75) is 18.0 Å². The lowest BCUT2D eigenvalue weighted by atomic mass is 10.2. The average molecular weight is 329 g/mol. The van der Waals surface area contributed by atoms with E-state index in [9.17, 15) is 4.79 Å². The maximum absolute atomic E-state index is 11.9. The lowest BCUT2D eigenvalue weighted by Crippen LogP contribution is -1.96. The van der Waals surface area contributed by atoms with Gasteiger partial charge in [0.2, 0.25) is 5.16 Å². The van der Waals surface area contributed by atoms with Crippen LogP contribution in [-0.4, -0.2) is 26.7 Å². The summed E-state index contributed by atoms with van der Waals surface area (Å²) < 4.78 is 0. The molecule has 0 saturated carbocycles. The van der Waals surface area contributed by atoms with Gasteiger partial charge in [-0.05, 0) is 17.9 Å². The van der Waals surface area contributed by atoms with Crippen LogP contribution in [0.15, 0.2) is 53.0 Å². The molecular formula is C16H15N3OS2. The Bertz CT molecular complexity index is 723. The second kappa shape index (κ2) is 7.38. The van der Waals surface area contributed by atoms with E-state index in [0.717, 1.165) is 33.6 Å². The van der Waals surface area contributed by atoms with Gasteiger partial charge in [0, 0.05) is 17.7 Å². The molecule has 1 aromatic carbocycles. The highest BCUT2D eigenvalue weighted by molar-refractivity contribution is 7.99. The summed E-state index contributed by atoms with van der Waals surface area (Å²) in [6, 6.07) is 13.7. The highest BCUT2D eigenvalue weighted by Crippen LogP contribution is 2.20. The fourth-order valence-corrected chi connectivity index (χ4v) is 3.42. The predicted octanol–water partition coefficient (Wildman–Crippen LogP) is 4.29. The first kappa shape index (κ1) is 15.0. The molecule has 2 heterocycles. The molecule has 3 rings (SSSR count). The molecule has 0 bridgehead atoms. The predicted molar refractivity (Wildman–Crippen MR) is 90.4 cm³/mol. The van der Waals surface area contributed by atoms with Gasteiger partial charge < -0.3 is 0 Å². The Morgan fingerprint density at radius 3 is 2.82 bits per heavy atom. The molecule has 0 aliphatic rings. The molecule has 112 valence electrons. The smallest absolute Gasteiger partial charge is 0.208 e. The summed E-state index contributed by atoms with van der Waals surface area (Å²) in [5.41, 5.74) is 1.02. The van der Waals surface area contributed by atoms with Crippen molar-refractivity contribution in [3.63, 3.8) is 0 Å². The molecule has 0 aliphatic carbocycles. The molecule has 0 amide bonds. The van der Waals surface area contributed by atoms with Gasteiger partial charge in [0.25, 0.3) is 0 Å². The van der Waals surface area contributed by atoms with Crippen molar-refractivity contribution in [2.24, 2.45) is 0 Å². The van der Waals surface area contributed by atoms with Crippen LogP contribution in [-0.2, 0) is 0 Å². The van der Waals surface area contributed by atoms with Crippen LogP contribution in [0.1, 0.15) is 22.5 Å². The number of thiophene rings is 1. The van der Waals surface area contributed by atoms with Crippen molar-refractivity contribution in [2.75, 3.05) is 5.75 Å². The summed E-state index contributed by atoms with van der Waals surface area (Å²) in [5, 5.41) is 9.81. The Morgan fingerprint density at radius 1 is 1.18 bits per heavy atom. The monoisotopic (exact) mass is 329 g/mol. The van der Waals surface area contributed by atoms with Crippen molar-refractivity contribution in [1.29, 1.82) is 0 Å². The quantitative estimate of drug-likeness (QED) is 0.399. The molecule has 0 aliphatic heterocycles. The minimum Gasteiger partial charge on any atom is -0.293 e. The highest BCUT2D eigenvalue weighted by atomic mass is 32.2. The number of aromatic amines is 1. The van der Waals surface area contributed by atoms with E-state index >= 15 is 0 Å². The van der Waals surface area contributed by atoms with E-state index in [-0.39, 0.29) is 5.78 Å². The third kappa shape index (κ3) is 3.84. The topological polar surface area (TPSA) is 58.6 Å². The average Bonchev–Trinajstić information content (AvgIpc) is 3.24. The van der Waals surface area contributed by atoms with Crippen LogP contribution in [0.3, 0.4) is 0 Å². The number of rotatable bonds is 7. The van der Waals surface area contributed by atoms with Gasteiger partial charge in [0.05, 0.1) is 4.88 Å². The van der Waals surface area contributed by atoms with Crippen LogP contribution in [0.2, 0.25) is 0 Å². The van der Waals surface area contributed by atoms with E-state index in [4.69, 9.17) is 0 Å². The van der Waals surface area contributed by atoms with Gasteiger partial charge in [-0.15, -0.1) is 16.4 Å². The van der Waals surface area contributed by atoms with E-state index in [2.05, 4.69) is 15.2 Å². The van der Waals surface area contributed by atoms with Crippen molar-refractivity contribution in [1.82, 2.24) is 15.2 Å². The van der Waals surface area contributed by atoms with Crippen LogP contribution in [0.5, 0.6) is 0 Å². The fraction of sp³-hybridized carbons (Fsp3) is 0.188. The van der Waals surface area contributed by atoms with Crippen LogP contribution in [0.4, 0.5) is 0 Å². The minimum atomic E-state index is 0.218. The Morgan fingerprint density at radius 2 is 2.05 bits per heavy atom. The Kier molecular flexibility index (Phi) is 5.03. The normalized spacial score (nSPS) is 10.7. The van der Waals surface area contributed by atoms with E-state index in [0.29, 0.717) is 6.42 Å². The van der Waals surface area contributed by atoms with E-state index in [1.807, 2.05) is 47.8 Å². The van der Waals surface area contributed by atoms with E-state index < -0.39 is 0 Å². The second-order valence-electron chi connectivity index (χ2n) is 4.69. The minimum absolute atomic E-state index is 0.218. The molecule has 1 N–H and O–H groups in total. The van der Waals surface area contributed by atoms with Crippen molar-refractivity contribution in [3.05, 3.63) is 52.7 Å². The molecule has 0 atom stereocenters. The van der Waals surface area contributed by atoms with Gasteiger partial charge >= 0.3 is 0 Å². The van der Waals surface area contributed by atoms with Gasteiger partial charge in [-0.3, -0.25) is 9.89 Å². The largest absolute Gasteiger partial charge is 0.293 e. The number of hydrogen-bond donors (Lipinski definition) is 1. The summed E-state index contributed by atoms with van der Waals surface area (Å²) in [4.78, 5) is 17.2. The SMILES string of the molecule is O=C(CCCSc1n[nH]c(-c2ccccc2)n1)c1cccs1. The number of H-pyrrole nitrogens is 1. The molecule has 3 aromatic rings. The Hall–Kier alpha value is -1.92. The van der Waals surface area contributed by atoms with Crippen molar-refractivity contribution in [3.8, 4) is 11.4 Å². The molecule has 22 heavy (non-hydrogen) atoms. The number of carbonyl (C=O) groups excluding carboxylic acids is 1. The molecule has 0 saturated heterocycles. The maximum atomic E-state index is 11.9. The lowest BCUT2D eigenvalue weighted by molar-refractivity contribution is 0.0986. The number of Topliss-reactive ketones (excluding diaryl/α,β-unsaturated/α-hetero) is 1. The Labute approximate surface area is 137 Å². The number of hydrogen-bond acceptors (Lipinski definition) is 5. The van der Waals surface area contributed by atoms with Gasteiger partial charge in [-0.1, -0.05) is 48.2 Å². The van der Waals surface area contributed by atoms with Crippen LogP contribution < -0.4 is 0 Å². The van der Waals surface area contributed by atoms with E-state index in [1.54, 1.807) is 11.8 Å². The second-order valence-corrected chi connectivity index (χ2v) is 6.69. The zero-order chi connectivity index (χ0) is 15.2. The van der Waals surface area contributed by atoms with Crippen molar-refractivity contribution < 1.29 is 4.79 Å². The van der Waals surface area contributed by atoms with Gasteiger partial charge in [0.15, 0.2) is 11.6 Å². The molecular weight excluding hydrogens is 314 g/mol. The lowest BCUT2D eigenvalue weighted by Gasteiger charge is -1.97. The summed E-state index contributed by atoms with van der Waals surface area (Å²) in [5.74, 6) is 1.83. The number of carbonyl (C=O) groups is 1. The summed E-state index contributed by atoms with van der Waals surface area (Å²) in [6.45, 7) is 0. The number of aromatic nitrogens is 3. The number of benzene rings is 1. The van der Waals surface area contributed by atoms with Crippen LogP contribution in [0, 0.1) is 0 Å². The molecule has 4 nitrogen and oxygen atoms in total. The standard InChI is InChI=1S/C16H15N3OS2/c20-13(14-9-5-10-21-14)8-4-11-22-16-17-15(18-19-16)12-6-2-1-3-7-12/h1-3,5-7,9-10H,4,8,11H2,(H,17,18,19). The number of ketones is 1. The molecule has 2 aromatic heterocycles. The van der Waals surface area contributed by atoms with Crippen molar-refractivity contribution >= 4 is 28.9 Å². The number of nitrogens with zero attached hydrogens (tertiary/aromatic N) is 2. The highest BCUT2D eigenvalue weighted by Gasteiger charge is 2.08. The fourth-order valence-electron chi connectivity index (χ4n) is 1.99. The maximum Gasteiger partial charge on any atom is 0.208 e. The van der Waals surface area contributed by atoms with Gasteiger partial charge in [-0.25, -0.2) is 4.98 Å². The summed E-state index contributed by atoms with van der Waals surface area (Å²) in [6.07, 6.45) is 1.40. The number of nitrogens with one attached hydrogen (secondary N) is 1. The zero-order valence-corrected chi connectivity index (χ0v) is 13.5. The third-order valence-corrected chi connectivity index (χ3v) is 4.93. The molecule has 0 spiro atoms. The first-order valence-corrected chi connectivity index (χ1v) is 8.87. The van der Waals surface area contributed by atoms with Crippen LogP contribution in [0.25, 0.3) is 11.4 Å². The first-order chi connectivity index (χ1) is 10.8. The van der Waals surface area contributed by atoms with Crippen LogP contribution >= 0.6 is 23.1 Å².